The van der Waals surface area contributed by atoms with Gasteiger partial charge in [0.2, 0.25) is 5.82 Å². The van der Waals surface area contributed by atoms with Crippen LogP contribution in [0.4, 0.5) is 11.6 Å². The second-order valence-electron chi connectivity index (χ2n) is 5.00. The maximum absolute atomic E-state index is 11.5. The van der Waals surface area contributed by atoms with Gasteiger partial charge in [-0.3, -0.25) is 0 Å². The van der Waals surface area contributed by atoms with Crippen molar-refractivity contribution in [3.05, 3.63) is 21.7 Å². The number of carboxylic acids is 1. The standard InChI is InChI=1S/C11H12N4O4S/c1-11(9(16)17,6-2-3-6)13-7-8(15(18)19)14-4-5-20-10(14)12-7/h4-6,13H,2-3H2,1H3,(H,16,17). The number of nitro groups is 1. The number of carbonyl (C=O) groups is 1. The first-order valence-corrected chi connectivity index (χ1v) is 6.93. The minimum atomic E-state index is -1.23. The highest BCUT2D eigenvalue weighted by Gasteiger charge is 2.49. The van der Waals surface area contributed by atoms with Gasteiger partial charge >= 0.3 is 11.8 Å². The van der Waals surface area contributed by atoms with Gasteiger partial charge in [0, 0.05) is 5.38 Å². The first-order chi connectivity index (χ1) is 9.43. The molecule has 0 saturated heterocycles. The molecule has 8 nitrogen and oxygen atoms in total. The Kier molecular flexibility index (Phi) is 2.68. The summed E-state index contributed by atoms with van der Waals surface area (Å²) in [7, 11) is 0. The van der Waals surface area contributed by atoms with Crippen molar-refractivity contribution >= 4 is 33.9 Å². The van der Waals surface area contributed by atoms with E-state index in [9.17, 15) is 20.0 Å². The van der Waals surface area contributed by atoms with E-state index in [1.54, 1.807) is 18.5 Å². The molecule has 1 saturated carbocycles. The van der Waals surface area contributed by atoms with Crippen LogP contribution in [-0.4, -0.2) is 30.9 Å². The molecule has 0 amide bonds. The Bertz CT molecular complexity index is 704. The molecule has 0 aromatic carbocycles. The monoisotopic (exact) mass is 296 g/mol. The van der Waals surface area contributed by atoms with Gasteiger partial charge in [0.25, 0.3) is 4.96 Å². The molecular formula is C11H12N4O4S. The average Bonchev–Trinajstić information content (AvgIpc) is 3.03. The minimum Gasteiger partial charge on any atom is -0.480 e. The Labute approximate surface area is 117 Å². The van der Waals surface area contributed by atoms with E-state index in [-0.39, 0.29) is 17.6 Å². The summed E-state index contributed by atoms with van der Waals surface area (Å²) in [5, 5.41) is 25.1. The van der Waals surface area contributed by atoms with Gasteiger partial charge in [-0.15, -0.1) is 0 Å². The number of hydrogen-bond acceptors (Lipinski definition) is 6. The summed E-state index contributed by atoms with van der Waals surface area (Å²) in [5.74, 6) is -1.27. The van der Waals surface area contributed by atoms with E-state index in [1.165, 1.54) is 15.7 Å². The van der Waals surface area contributed by atoms with Crippen molar-refractivity contribution in [2.24, 2.45) is 5.92 Å². The Morgan fingerprint density at radius 3 is 2.95 bits per heavy atom. The highest BCUT2D eigenvalue weighted by atomic mass is 32.1. The molecule has 20 heavy (non-hydrogen) atoms. The molecule has 2 aromatic heterocycles. The Morgan fingerprint density at radius 1 is 1.70 bits per heavy atom. The van der Waals surface area contributed by atoms with Gasteiger partial charge in [-0.2, -0.15) is 9.38 Å². The summed E-state index contributed by atoms with van der Waals surface area (Å²) in [6.45, 7) is 1.55. The largest absolute Gasteiger partial charge is 0.480 e. The van der Waals surface area contributed by atoms with Gasteiger partial charge in [0.05, 0.1) is 0 Å². The van der Waals surface area contributed by atoms with E-state index in [0.29, 0.717) is 4.96 Å². The number of imidazole rings is 1. The van der Waals surface area contributed by atoms with E-state index in [1.807, 2.05) is 0 Å². The fraction of sp³-hybridized carbons (Fsp3) is 0.455. The first kappa shape index (κ1) is 12.9. The topological polar surface area (TPSA) is 110 Å². The number of nitrogens with one attached hydrogen (secondary N) is 1. The van der Waals surface area contributed by atoms with E-state index in [2.05, 4.69) is 10.3 Å². The lowest BCUT2D eigenvalue weighted by atomic mass is 9.96. The minimum absolute atomic E-state index is 0.0126. The number of thiazole rings is 1. The lowest BCUT2D eigenvalue weighted by Crippen LogP contribution is -2.45. The molecule has 2 aromatic rings. The highest BCUT2D eigenvalue weighted by Crippen LogP contribution is 2.43. The van der Waals surface area contributed by atoms with Crippen molar-refractivity contribution in [3.63, 3.8) is 0 Å². The Morgan fingerprint density at radius 2 is 2.40 bits per heavy atom. The fourth-order valence-electron chi connectivity index (χ4n) is 2.27. The summed E-state index contributed by atoms with van der Waals surface area (Å²) < 4.78 is 1.35. The van der Waals surface area contributed by atoms with Crippen molar-refractivity contribution in [1.29, 1.82) is 0 Å². The van der Waals surface area contributed by atoms with Crippen LogP contribution < -0.4 is 5.32 Å². The number of aliphatic carboxylic acids is 1. The van der Waals surface area contributed by atoms with Crippen LogP contribution in [0.25, 0.3) is 4.96 Å². The number of hydrogen-bond donors (Lipinski definition) is 2. The molecule has 0 spiro atoms. The van der Waals surface area contributed by atoms with Crippen LogP contribution in [0.15, 0.2) is 11.6 Å². The molecule has 1 unspecified atom stereocenters. The molecule has 106 valence electrons. The maximum atomic E-state index is 11.5. The predicted octanol–water partition coefficient (Wildman–Crippen LogP) is 1.97. The summed E-state index contributed by atoms with van der Waals surface area (Å²) in [5.41, 5.74) is -1.23. The molecule has 2 N–H and O–H groups in total. The lowest BCUT2D eigenvalue weighted by molar-refractivity contribution is -0.389. The van der Waals surface area contributed by atoms with E-state index < -0.39 is 16.4 Å². The third-order valence-electron chi connectivity index (χ3n) is 3.63. The molecular weight excluding hydrogens is 284 g/mol. The summed E-state index contributed by atoms with van der Waals surface area (Å²) in [6, 6.07) is 0. The molecule has 0 aliphatic heterocycles. The second-order valence-corrected chi connectivity index (χ2v) is 5.88. The zero-order valence-electron chi connectivity index (χ0n) is 10.6. The zero-order valence-corrected chi connectivity index (χ0v) is 11.4. The van der Waals surface area contributed by atoms with Crippen LogP contribution in [0.1, 0.15) is 19.8 Å². The van der Waals surface area contributed by atoms with Gasteiger partial charge in [-0.05, 0) is 30.6 Å². The summed E-state index contributed by atoms with van der Waals surface area (Å²) in [6.07, 6.45) is 3.14. The van der Waals surface area contributed by atoms with Crippen molar-refractivity contribution in [2.45, 2.75) is 25.3 Å². The molecule has 1 aliphatic rings. The van der Waals surface area contributed by atoms with Crippen LogP contribution >= 0.6 is 11.3 Å². The number of carboxylic acid groups (broad SMARTS) is 1. The lowest BCUT2D eigenvalue weighted by Gasteiger charge is -2.25. The van der Waals surface area contributed by atoms with Gasteiger partial charge < -0.3 is 20.5 Å². The van der Waals surface area contributed by atoms with Gasteiger partial charge in [0.1, 0.15) is 11.7 Å². The van der Waals surface area contributed by atoms with Crippen LogP contribution in [0, 0.1) is 16.0 Å². The quantitative estimate of drug-likeness (QED) is 0.644. The maximum Gasteiger partial charge on any atom is 0.372 e. The van der Waals surface area contributed by atoms with Crippen LogP contribution in [0.5, 0.6) is 0 Å². The number of rotatable bonds is 5. The molecule has 9 heteroatoms. The van der Waals surface area contributed by atoms with Crippen LogP contribution in [-0.2, 0) is 4.79 Å². The summed E-state index contributed by atoms with van der Waals surface area (Å²) >= 11 is 1.26. The molecule has 1 atom stereocenters. The number of nitrogens with zero attached hydrogens (tertiary/aromatic N) is 3. The fourth-order valence-corrected chi connectivity index (χ4v) is 2.98. The Hall–Kier alpha value is -2.16. The average molecular weight is 296 g/mol. The van der Waals surface area contributed by atoms with Crippen LogP contribution in [0.2, 0.25) is 0 Å². The molecule has 2 heterocycles. The van der Waals surface area contributed by atoms with Crippen LogP contribution in [0.3, 0.4) is 0 Å². The van der Waals surface area contributed by atoms with Crippen molar-refractivity contribution in [3.8, 4) is 0 Å². The van der Waals surface area contributed by atoms with Crippen molar-refractivity contribution < 1.29 is 14.8 Å². The zero-order chi connectivity index (χ0) is 14.5. The van der Waals surface area contributed by atoms with E-state index >= 15 is 0 Å². The van der Waals surface area contributed by atoms with Gasteiger partial charge in [0.15, 0.2) is 0 Å². The molecule has 0 bridgehead atoms. The van der Waals surface area contributed by atoms with Gasteiger partial charge in [-0.25, -0.2) is 4.79 Å². The predicted molar refractivity (Wildman–Crippen MR) is 72.1 cm³/mol. The van der Waals surface area contributed by atoms with E-state index in [0.717, 1.165) is 12.8 Å². The van der Waals surface area contributed by atoms with E-state index in [4.69, 9.17) is 0 Å². The third-order valence-corrected chi connectivity index (χ3v) is 4.38. The molecule has 1 fully saturated rings. The summed E-state index contributed by atoms with van der Waals surface area (Å²) in [4.78, 5) is 26.7. The first-order valence-electron chi connectivity index (χ1n) is 6.05. The smallest absolute Gasteiger partial charge is 0.372 e. The molecule has 3 rings (SSSR count). The van der Waals surface area contributed by atoms with Crippen molar-refractivity contribution in [1.82, 2.24) is 9.38 Å². The van der Waals surface area contributed by atoms with Crippen molar-refractivity contribution in [2.75, 3.05) is 5.32 Å². The molecule has 0 radical (unpaired) electrons. The SMILES string of the molecule is CC(Nc1nc2sccn2c1[N+](=O)[O-])(C(=O)O)C1CC1. The highest BCUT2D eigenvalue weighted by molar-refractivity contribution is 7.15. The molecule has 1 aliphatic carbocycles. The number of fused-ring (bicyclic) bond motifs is 1. The second kappa shape index (κ2) is 4.17. The number of aromatic nitrogens is 2. The Balaban J connectivity index is 2.05. The van der Waals surface area contributed by atoms with Gasteiger partial charge in [-0.1, -0.05) is 11.3 Å². The normalized spacial score (nSPS) is 17.9. The number of anilines is 1. The third kappa shape index (κ3) is 1.82.